The Morgan fingerprint density at radius 1 is 0.889 bits per heavy atom. The van der Waals surface area contributed by atoms with Gasteiger partial charge >= 0.3 is 0 Å². The van der Waals surface area contributed by atoms with Crippen molar-refractivity contribution in [3.63, 3.8) is 0 Å². The van der Waals surface area contributed by atoms with Crippen molar-refractivity contribution in [2.45, 2.75) is 20.4 Å². The molecule has 27 heavy (non-hydrogen) atoms. The second-order valence-corrected chi connectivity index (χ2v) is 6.45. The molecule has 1 aromatic heterocycles. The number of nitrogens with zero attached hydrogens (tertiary/aromatic N) is 4. The highest BCUT2D eigenvalue weighted by Crippen LogP contribution is 2.22. The molecule has 0 spiro atoms. The van der Waals surface area contributed by atoms with Gasteiger partial charge in [-0.1, -0.05) is 30.3 Å². The standard InChI is InChI=1S/C22H27N5/c1-4-27(5-2)20-13-11-19(12-14-20)25-21-15-22(24-17-23-21)26(3)16-18-9-7-6-8-10-18/h6-15,17H,4-5,16H2,1-3H3,(H,23,24,25). The molecule has 2 aromatic carbocycles. The Kier molecular flexibility index (Phi) is 6.26. The molecule has 5 heteroatoms. The minimum Gasteiger partial charge on any atom is -0.372 e. The Bertz CT molecular complexity index is 829. The fraction of sp³-hybridized carbons (Fsp3) is 0.273. The monoisotopic (exact) mass is 361 g/mol. The van der Waals surface area contributed by atoms with E-state index in [1.54, 1.807) is 6.33 Å². The summed E-state index contributed by atoms with van der Waals surface area (Å²) < 4.78 is 0. The molecule has 0 unspecified atom stereocenters. The predicted molar refractivity (Wildman–Crippen MR) is 114 cm³/mol. The molecule has 1 heterocycles. The molecule has 0 saturated carbocycles. The topological polar surface area (TPSA) is 44.3 Å². The lowest BCUT2D eigenvalue weighted by molar-refractivity contribution is 0.866. The number of hydrogen-bond donors (Lipinski definition) is 1. The third-order valence-electron chi connectivity index (χ3n) is 4.57. The molecule has 140 valence electrons. The zero-order chi connectivity index (χ0) is 19.1. The Labute approximate surface area is 161 Å². The third kappa shape index (κ3) is 4.97. The van der Waals surface area contributed by atoms with Crippen LogP contribution in [0.1, 0.15) is 19.4 Å². The Morgan fingerprint density at radius 3 is 2.26 bits per heavy atom. The van der Waals surface area contributed by atoms with Gasteiger partial charge in [0.1, 0.15) is 18.0 Å². The molecule has 0 saturated heterocycles. The highest BCUT2D eigenvalue weighted by molar-refractivity contribution is 5.62. The smallest absolute Gasteiger partial charge is 0.135 e. The highest BCUT2D eigenvalue weighted by Gasteiger charge is 2.06. The van der Waals surface area contributed by atoms with Crippen molar-refractivity contribution >= 4 is 23.0 Å². The van der Waals surface area contributed by atoms with E-state index in [1.807, 2.05) is 19.2 Å². The largest absolute Gasteiger partial charge is 0.372 e. The molecule has 0 aliphatic rings. The van der Waals surface area contributed by atoms with Gasteiger partial charge in [0.2, 0.25) is 0 Å². The van der Waals surface area contributed by atoms with E-state index in [0.29, 0.717) is 0 Å². The molecule has 3 aromatic rings. The van der Waals surface area contributed by atoms with Gasteiger partial charge in [-0.25, -0.2) is 9.97 Å². The molecule has 0 fully saturated rings. The molecule has 0 bridgehead atoms. The maximum Gasteiger partial charge on any atom is 0.135 e. The van der Waals surface area contributed by atoms with Gasteiger partial charge in [-0.05, 0) is 43.7 Å². The first-order chi connectivity index (χ1) is 13.2. The van der Waals surface area contributed by atoms with Gasteiger partial charge in [0.15, 0.2) is 0 Å². The lowest BCUT2D eigenvalue weighted by atomic mass is 10.2. The van der Waals surface area contributed by atoms with Crippen molar-refractivity contribution in [1.82, 2.24) is 9.97 Å². The van der Waals surface area contributed by atoms with Crippen molar-refractivity contribution in [2.24, 2.45) is 0 Å². The molecule has 0 aliphatic heterocycles. The maximum absolute atomic E-state index is 4.40. The maximum atomic E-state index is 4.40. The van der Waals surface area contributed by atoms with Crippen LogP contribution in [0.4, 0.5) is 23.0 Å². The summed E-state index contributed by atoms with van der Waals surface area (Å²) in [5.41, 5.74) is 3.50. The summed E-state index contributed by atoms with van der Waals surface area (Å²) in [6.07, 6.45) is 1.60. The number of benzene rings is 2. The first-order valence-electron chi connectivity index (χ1n) is 9.38. The van der Waals surface area contributed by atoms with Gasteiger partial charge in [0.25, 0.3) is 0 Å². The summed E-state index contributed by atoms with van der Waals surface area (Å²) in [6.45, 7) is 7.16. The fourth-order valence-electron chi connectivity index (χ4n) is 3.05. The number of anilines is 4. The van der Waals surface area contributed by atoms with Gasteiger partial charge in [-0.2, -0.15) is 0 Å². The normalized spacial score (nSPS) is 10.5. The van der Waals surface area contributed by atoms with Crippen LogP contribution in [0.3, 0.4) is 0 Å². The SMILES string of the molecule is CCN(CC)c1ccc(Nc2cc(N(C)Cc3ccccc3)ncn2)cc1. The van der Waals surface area contributed by atoms with Gasteiger partial charge < -0.3 is 15.1 Å². The minimum absolute atomic E-state index is 0.788. The van der Waals surface area contributed by atoms with Crippen LogP contribution in [-0.4, -0.2) is 30.1 Å². The van der Waals surface area contributed by atoms with E-state index in [4.69, 9.17) is 0 Å². The van der Waals surface area contributed by atoms with Gasteiger partial charge in [0.05, 0.1) is 0 Å². The first-order valence-corrected chi connectivity index (χ1v) is 9.38. The molecule has 3 rings (SSSR count). The summed E-state index contributed by atoms with van der Waals surface area (Å²) in [5, 5.41) is 3.37. The van der Waals surface area contributed by atoms with Gasteiger partial charge in [0, 0.05) is 44.1 Å². The van der Waals surface area contributed by atoms with E-state index in [-0.39, 0.29) is 0 Å². The molecule has 0 radical (unpaired) electrons. The minimum atomic E-state index is 0.788. The number of rotatable bonds is 8. The van der Waals surface area contributed by atoms with E-state index in [2.05, 4.69) is 87.5 Å². The zero-order valence-corrected chi connectivity index (χ0v) is 16.3. The van der Waals surface area contributed by atoms with Crippen LogP contribution in [-0.2, 0) is 6.54 Å². The fourth-order valence-corrected chi connectivity index (χ4v) is 3.05. The van der Waals surface area contributed by atoms with Crippen molar-refractivity contribution in [1.29, 1.82) is 0 Å². The van der Waals surface area contributed by atoms with E-state index in [0.717, 1.165) is 37.0 Å². The van der Waals surface area contributed by atoms with E-state index < -0.39 is 0 Å². The van der Waals surface area contributed by atoms with Crippen LogP contribution in [0.2, 0.25) is 0 Å². The number of nitrogens with one attached hydrogen (secondary N) is 1. The summed E-state index contributed by atoms with van der Waals surface area (Å²) in [6, 6.07) is 20.8. The van der Waals surface area contributed by atoms with Crippen LogP contribution in [0.5, 0.6) is 0 Å². The average molecular weight is 361 g/mol. The molecule has 1 N–H and O–H groups in total. The third-order valence-corrected chi connectivity index (χ3v) is 4.57. The van der Waals surface area contributed by atoms with Gasteiger partial charge in [-0.15, -0.1) is 0 Å². The van der Waals surface area contributed by atoms with Gasteiger partial charge in [-0.3, -0.25) is 0 Å². The van der Waals surface area contributed by atoms with Crippen LogP contribution in [0.15, 0.2) is 67.0 Å². The molecular weight excluding hydrogens is 334 g/mol. The van der Waals surface area contributed by atoms with Crippen LogP contribution >= 0.6 is 0 Å². The molecule has 5 nitrogen and oxygen atoms in total. The number of hydrogen-bond acceptors (Lipinski definition) is 5. The molecular formula is C22H27N5. The summed E-state index contributed by atoms with van der Waals surface area (Å²) in [4.78, 5) is 13.2. The lowest BCUT2D eigenvalue weighted by Gasteiger charge is -2.21. The lowest BCUT2D eigenvalue weighted by Crippen LogP contribution is -2.21. The Balaban J connectivity index is 1.68. The quantitative estimate of drug-likeness (QED) is 0.630. The average Bonchev–Trinajstić information content (AvgIpc) is 2.71. The molecule has 0 atom stereocenters. The van der Waals surface area contributed by atoms with Crippen LogP contribution < -0.4 is 15.1 Å². The Hall–Kier alpha value is -3.08. The second kappa shape index (κ2) is 9.03. The second-order valence-electron chi connectivity index (χ2n) is 6.45. The van der Waals surface area contributed by atoms with Crippen LogP contribution in [0, 0.1) is 0 Å². The van der Waals surface area contributed by atoms with Crippen molar-refractivity contribution in [3.8, 4) is 0 Å². The zero-order valence-electron chi connectivity index (χ0n) is 16.3. The predicted octanol–water partition coefficient (Wildman–Crippen LogP) is 4.70. The highest BCUT2D eigenvalue weighted by atomic mass is 15.2. The van der Waals surface area contributed by atoms with E-state index in [9.17, 15) is 0 Å². The number of aromatic nitrogens is 2. The van der Waals surface area contributed by atoms with Crippen LogP contribution in [0.25, 0.3) is 0 Å². The molecule has 0 amide bonds. The summed E-state index contributed by atoms with van der Waals surface area (Å²) in [7, 11) is 2.04. The molecule has 0 aliphatic carbocycles. The summed E-state index contributed by atoms with van der Waals surface area (Å²) >= 11 is 0. The van der Waals surface area contributed by atoms with Crippen molar-refractivity contribution < 1.29 is 0 Å². The van der Waals surface area contributed by atoms with E-state index >= 15 is 0 Å². The first kappa shape index (κ1) is 18.7. The Morgan fingerprint density at radius 2 is 1.59 bits per heavy atom. The van der Waals surface area contributed by atoms with Crippen molar-refractivity contribution in [2.75, 3.05) is 35.3 Å². The van der Waals surface area contributed by atoms with E-state index in [1.165, 1.54) is 11.3 Å². The van der Waals surface area contributed by atoms with Crippen molar-refractivity contribution in [3.05, 3.63) is 72.6 Å². The summed E-state index contributed by atoms with van der Waals surface area (Å²) in [5.74, 6) is 1.67.